The number of urea groups is 1. The molecule has 1 aliphatic rings. The van der Waals surface area contributed by atoms with Crippen molar-refractivity contribution in [3.8, 4) is 0 Å². The second-order valence-corrected chi connectivity index (χ2v) is 3.02. The Hall–Kier alpha value is -1.06. The molecule has 0 aliphatic carbocycles. The van der Waals surface area contributed by atoms with Gasteiger partial charge in [-0.15, -0.1) is 0 Å². The summed E-state index contributed by atoms with van der Waals surface area (Å²) in [5, 5.41) is 9.80. The van der Waals surface area contributed by atoms with E-state index in [0.717, 1.165) is 0 Å². The zero-order valence-electron chi connectivity index (χ0n) is 7.01. The lowest BCUT2D eigenvalue weighted by Gasteiger charge is -2.23. The van der Waals surface area contributed by atoms with Crippen molar-refractivity contribution in [3.05, 3.63) is 0 Å². The zero-order valence-corrected chi connectivity index (χ0v) is 7.01. The second-order valence-electron chi connectivity index (χ2n) is 3.02. The predicted molar refractivity (Wildman–Crippen MR) is 42.7 cm³/mol. The predicted octanol–water partition coefficient (Wildman–Crippen LogP) is 0.786. The highest BCUT2D eigenvalue weighted by Crippen LogP contribution is 2.11. The normalized spacial score (nSPS) is 24.7. The van der Waals surface area contributed by atoms with Crippen molar-refractivity contribution in [1.29, 1.82) is 5.41 Å². The topological polar surface area (TPSA) is 56.2 Å². The molecule has 0 aromatic heterocycles. The average molecular weight is 155 g/mol. The fourth-order valence-electron chi connectivity index (χ4n) is 1.28. The Morgan fingerprint density at radius 3 is 2.36 bits per heavy atom. The SMILES string of the molecule is CC(C)N1C(=O)NC(=N)C1C. The van der Waals surface area contributed by atoms with Crippen LogP contribution in [-0.4, -0.2) is 28.9 Å². The smallest absolute Gasteiger partial charge is 0.312 e. The van der Waals surface area contributed by atoms with E-state index in [-0.39, 0.29) is 18.1 Å². The third-order valence-corrected chi connectivity index (χ3v) is 1.87. The van der Waals surface area contributed by atoms with Gasteiger partial charge in [-0.1, -0.05) is 0 Å². The van der Waals surface area contributed by atoms with E-state index in [1.165, 1.54) is 0 Å². The average Bonchev–Trinajstić information content (AvgIpc) is 2.07. The molecular weight excluding hydrogens is 142 g/mol. The first-order valence-electron chi connectivity index (χ1n) is 3.71. The number of hydrogen-bond acceptors (Lipinski definition) is 2. The molecule has 0 radical (unpaired) electrons. The number of hydrogen-bond donors (Lipinski definition) is 2. The highest BCUT2D eigenvalue weighted by molar-refractivity contribution is 6.05. The summed E-state index contributed by atoms with van der Waals surface area (Å²) in [5.74, 6) is 0.295. The van der Waals surface area contributed by atoms with Crippen LogP contribution in [-0.2, 0) is 0 Å². The van der Waals surface area contributed by atoms with Gasteiger partial charge in [-0.2, -0.15) is 0 Å². The number of carbonyl (C=O) groups excluding carboxylic acids is 1. The van der Waals surface area contributed by atoms with Gasteiger partial charge in [-0.25, -0.2) is 4.79 Å². The number of rotatable bonds is 1. The van der Waals surface area contributed by atoms with E-state index in [1.54, 1.807) is 4.90 Å². The molecule has 2 N–H and O–H groups in total. The lowest BCUT2D eigenvalue weighted by atomic mass is 10.2. The third kappa shape index (κ3) is 1.20. The zero-order chi connectivity index (χ0) is 8.59. The molecule has 0 saturated carbocycles. The van der Waals surface area contributed by atoms with Crippen LogP contribution in [0.25, 0.3) is 0 Å². The molecule has 0 bridgehead atoms. The molecule has 1 unspecified atom stereocenters. The lowest BCUT2D eigenvalue weighted by molar-refractivity contribution is 0.193. The molecule has 62 valence electrons. The molecule has 4 heteroatoms. The van der Waals surface area contributed by atoms with Crippen LogP contribution in [0.5, 0.6) is 0 Å². The highest BCUT2D eigenvalue weighted by Gasteiger charge is 2.33. The lowest BCUT2D eigenvalue weighted by Crippen LogP contribution is -2.38. The van der Waals surface area contributed by atoms with Gasteiger partial charge in [0.15, 0.2) is 0 Å². The van der Waals surface area contributed by atoms with Gasteiger partial charge in [0.25, 0.3) is 0 Å². The van der Waals surface area contributed by atoms with E-state index in [4.69, 9.17) is 5.41 Å². The maximum absolute atomic E-state index is 11.1. The second kappa shape index (κ2) is 2.53. The highest BCUT2D eigenvalue weighted by atomic mass is 16.2. The summed E-state index contributed by atoms with van der Waals surface area (Å²) in [6.07, 6.45) is 0. The molecule has 1 saturated heterocycles. The van der Waals surface area contributed by atoms with Crippen LogP contribution in [0.4, 0.5) is 4.79 Å². The first kappa shape index (κ1) is 8.04. The standard InChI is InChI=1S/C7H13N3O/c1-4(2)10-5(3)6(8)9-7(10)11/h4-5H,1-3H3,(H2,8,9,11). The Kier molecular flexibility index (Phi) is 1.85. The molecule has 4 nitrogen and oxygen atoms in total. The van der Waals surface area contributed by atoms with Gasteiger partial charge in [-0.05, 0) is 20.8 Å². The summed E-state index contributed by atoms with van der Waals surface area (Å²) >= 11 is 0. The van der Waals surface area contributed by atoms with Gasteiger partial charge in [0.05, 0.1) is 6.04 Å². The Balaban J connectivity index is 2.79. The number of amidine groups is 1. The van der Waals surface area contributed by atoms with Crippen molar-refractivity contribution in [3.63, 3.8) is 0 Å². The number of nitrogens with one attached hydrogen (secondary N) is 2. The quantitative estimate of drug-likeness (QED) is 0.577. The molecule has 0 aromatic rings. The van der Waals surface area contributed by atoms with Gasteiger partial charge < -0.3 is 4.90 Å². The fourth-order valence-corrected chi connectivity index (χ4v) is 1.28. The van der Waals surface area contributed by atoms with Gasteiger partial charge in [0, 0.05) is 6.04 Å². The first-order chi connectivity index (χ1) is 5.04. The molecule has 1 aliphatic heterocycles. The Bertz CT molecular complexity index is 200. The van der Waals surface area contributed by atoms with Crippen LogP contribution >= 0.6 is 0 Å². The van der Waals surface area contributed by atoms with Crippen LogP contribution < -0.4 is 5.32 Å². The molecule has 1 heterocycles. The Morgan fingerprint density at radius 1 is 1.64 bits per heavy atom. The molecule has 1 rings (SSSR count). The van der Waals surface area contributed by atoms with E-state index in [2.05, 4.69) is 5.32 Å². The minimum Gasteiger partial charge on any atom is -0.312 e. The summed E-state index contributed by atoms with van der Waals surface area (Å²) in [7, 11) is 0. The summed E-state index contributed by atoms with van der Waals surface area (Å²) < 4.78 is 0. The summed E-state index contributed by atoms with van der Waals surface area (Å²) in [6, 6.07) is -0.0900. The molecule has 11 heavy (non-hydrogen) atoms. The van der Waals surface area contributed by atoms with Gasteiger partial charge in [0.1, 0.15) is 5.84 Å². The van der Waals surface area contributed by atoms with Gasteiger partial charge in [-0.3, -0.25) is 10.7 Å². The van der Waals surface area contributed by atoms with E-state index in [0.29, 0.717) is 5.84 Å². The molecular formula is C7H13N3O. The van der Waals surface area contributed by atoms with Crippen LogP contribution in [0.3, 0.4) is 0 Å². The minimum absolute atomic E-state index is 0.0949. The van der Waals surface area contributed by atoms with E-state index >= 15 is 0 Å². The first-order valence-corrected chi connectivity index (χ1v) is 3.71. The van der Waals surface area contributed by atoms with Crippen molar-refractivity contribution < 1.29 is 4.79 Å². The maximum atomic E-state index is 11.1. The molecule has 1 atom stereocenters. The molecule has 1 fully saturated rings. The van der Waals surface area contributed by atoms with Crippen molar-refractivity contribution in [2.45, 2.75) is 32.9 Å². The van der Waals surface area contributed by atoms with Crippen LogP contribution in [0.15, 0.2) is 0 Å². The van der Waals surface area contributed by atoms with Crippen LogP contribution in [0.2, 0.25) is 0 Å². The fraction of sp³-hybridized carbons (Fsp3) is 0.714. The van der Waals surface area contributed by atoms with E-state index < -0.39 is 0 Å². The third-order valence-electron chi connectivity index (χ3n) is 1.87. The minimum atomic E-state index is -0.155. The maximum Gasteiger partial charge on any atom is 0.323 e. The van der Waals surface area contributed by atoms with E-state index in [9.17, 15) is 4.79 Å². The number of carbonyl (C=O) groups is 1. The number of amides is 2. The van der Waals surface area contributed by atoms with Crippen molar-refractivity contribution in [2.75, 3.05) is 0 Å². The van der Waals surface area contributed by atoms with Crippen LogP contribution in [0.1, 0.15) is 20.8 Å². The largest absolute Gasteiger partial charge is 0.323 e. The van der Waals surface area contributed by atoms with Crippen LogP contribution in [0, 0.1) is 5.41 Å². The van der Waals surface area contributed by atoms with E-state index in [1.807, 2.05) is 20.8 Å². The molecule has 2 amide bonds. The van der Waals surface area contributed by atoms with Crippen molar-refractivity contribution >= 4 is 11.9 Å². The van der Waals surface area contributed by atoms with Gasteiger partial charge in [0.2, 0.25) is 0 Å². The molecule has 0 aromatic carbocycles. The van der Waals surface area contributed by atoms with Crippen molar-refractivity contribution in [1.82, 2.24) is 10.2 Å². The monoisotopic (exact) mass is 155 g/mol. The molecule has 0 spiro atoms. The Morgan fingerprint density at radius 2 is 2.18 bits per heavy atom. The van der Waals surface area contributed by atoms with Crippen molar-refractivity contribution in [2.24, 2.45) is 0 Å². The summed E-state index contributed by atoms with van der Waals surface area (Å²) in [5.41, 5.74) is 0. The number of nitrogens with zero attached hydrogens (tertiary/aromatic N) is 1. The van der Waals surface area contributed by atoms with Gasteiger partial charge >= 0.3 is 6.03 Å². The summed E-state index contributed by atoms with van der Waals surface area (Å²) in [6.45, 7) is 5.73. The Labute approximate surface area is 66.1 Å². The summed E-state index contributed by atoms with van der Waals surface area (Å²) in [4.78, 5) is 12.8.